The van der Waals surface area contributed by atoms with Gasteiger partial charge >= 0.3 is 0 Å². The Labute approximate surface area is 177 Å². The zero-order valence-corrected chi connectivity index (χ0v) is 17.4. The molecule has 0 aliphatic heterocycles. The number of fused-ring (bicyclic) bond motifs is 1. The lowest BCUT2D eigenvalue weighted by molar-refractivity contribution is -0.121. The summed E-state index contributed by atoms with van der Waals surface area (Å²) in [6, 6.07) is 15.7. The van der Waals surface area contributed by atoms with Gasteiger partial charge in [0.05, 0.1) is 17.9 Å². The van der Waals surface area contributed by atoms with Crippen molar-refractivity contribution in [2.75, 3.05) is 0 Å². The number of amides is 1. The number of carbonyl (C=O) groups is 1. The van der Waals surface area contributed by atoms with Gasteiger partial charge in [-0.2, -0.15) is 5.10 Å². The molecule has 4 rings (SSSR count). The van der Waals surface area contributed by atoms with E-state index in [0.29, 0.717) is 10.2 Å². The third-order valence-electron chi connectivity index (χ3n) is 4.72. The monoisotopic (exact) mass is 416 g/mol. The van der Waals surface area contributed by atoms with Crippen molar-refractivity contribution in [2.45, 2.75) is 20.4 Å². The summed E-state index contributed by atoms with van der Waals surface area (Å²) in [5.74, 6) is -0.395. The molecule has 0 saturated carbocycles. The van der Waals surface area contributed by atoms with Gasteiger partial charge in [0.25, 0.3) is 11.5 Å². The Morgan fingerprint density at radius 2 is 1.77 bits per heavy atom. The molecule has 1 N–H and O–H groups in total. The maximum absolute atomic E-state index is 13.0. The number of benzene rings is 2. The predicted octanol–water partition coefficient (Wildman–Crippen LogP) is 3.89. The average Bonchev–Trinajstić information content (AvgIpc) is 3.17. The zero-order chi connectivity index (χ0) is 21.1. The van der Waals surface area contributed by atoms with E-state index in [-0.39, 0.29) is 12.1 Å². The summed E-state index contributed by atoms with van der Waals surface area (Å²) in [4.78, 5) is 30.3. The molecular weight excluding hydrogens is 396 g/mol. The number of aryl methyl sites for hydroxylation is 2. The number of carbonyl (C=O) groups excluding carboxylic acids is 1. The van der Waals surface area contributed by atoms with Gasteiger partial charge in [-0.1, -0.05) is 59.7 Å². The highest BCUT2D eigenvalue weighted by molar-refractivity contribution is 7.17. The van der Waals surface area contributed by atoms with Gasteiger partial charge in [0, 0.05) is 10.9 Å². The highest BCUT2D eigenvalue weighted by Crippen LogP contribution is 2.30. The number of hydrazone groups is 1. The quantitative estimate of drug-likeness (QED) is 0.396. The third kappa shape index (κ3) is 4.21. The predicted molar refractivity (Wildman–Crippen MR) is 121 cm³/mol. The number of hydrogen-bond donors (Lipinski definition) is 1. The number of hydrogen-bond acceptors (Lipinski definition) is 5. The van der Waals surface area contributed by atoms with Crippen molar-refractivity contribution in [3.05, 3.63) is 87.3 Å². The minimum atomic E-state index is -0.395. The fourth-order valence-corrected chi connectivity index (χ4v) is 3.95. The maximum Gasteiger partial charge on any atom is 0.263 e. The van der Waals surface area contributed by atoms with Crippen molar-refractivity contribution in [3.8, 4) is 11.1 Å². The smallest absolute Gasteiger partial charge is 0.263 e. The summed E-state index contributed by atoms with van der Waals surface area (Å²) in [7, 11) is 0. The maximum atomic E-state index is 13.0. The Morgan fingerprint density at radius 3 is 2.47 bits per heavy atom. The molecule has 1 amide bonds. The van der Waals surface area contributed by atoms with Gasteiger partial charge in [-0.25, -0.2) is 10.4 Å². The van der Waals surface area contributed by atoms with E-state index in [1.807, 2.05) is 67.8 Å². The first-order valence-electron chi connectivity index (χ1n) is 9.43. The van der Waals surface area contributed by atoms with E-state index in [4.69, 9.17) is 0 Å². The van der Waals surface area contributed by atoms with Gasteiger partial charge in [0.15, 0.2) is 0 Å². The summed E-state index contributed by atoms with van der Waals surface area (Å²) in [6.07, 6.45) is 2.97. The molecule has 6 nitrogen and oxygen atoms in total. The first kappa shape index (κ1) is 19.7. The van der Waals surface area contributed by atoms with E-state index >= 15 is 0 Å². The zero-order valence-electron chi connectivity index (χ0n) is 16.6. The van der Waals surface area contributed by atoms with Gasteiger partial charge < -0.3 is 0 Å². The van der Waals surface area contributed by atoms with E-state index < -0.39 is 5.91 Å². The summed E-state index contributed by atoms with van der Waals surface area (Å²) in [6.45, 7) is 3.86. The lowest BCUT2D eigenvalue weighted by atomic mass is 10.1. The van der Waals surface area contributed by atoms with E-state index in [2.05, 4.69) is 15.5 Å². The van der Waals surface area contributed by atoms with Crippen molar-refractivity contribution in [3.63, 3.8) is 0 Å². The Kier molecular flexibility index (Phi) is 5.54. The molecule has 0 aliphatic carbocycles. The fourth-order valence-electron chi connectivity index (χ4n) is 3.05. The van der Waals surface area contributed by atoms with Crippen LogP contribution in [0.15, 0.2) is 70.1 Å². The van der Waals surface area contributed by atoms with Gasteiger partial charge in [0.2, 0.25) is 0 Å². The van der Waals surface area contributed by atoms with Crippen LogP contribution in [0, 0.1) is 13.8 Å². The molecule has 150 valence electrons. The second-order valence-electron chi connectivity index (χ2n) is 7.08. The molecule has 0 unspecified atom stereocenters. The van der Waals surface area contributed by atoms with Crippen LogP contribution in [0.1, 0.15) is 16.7 Å². The molecule has 0 fully saturated rings. The molecule has 0 saturated heterocycles. The van der Waals surface area contributed by atoms with Crippen LogP contribution < -0.4 is 11.0 Å². The van der Waals surface area contributed by atoms with Crippen molar-refractivity contribution in [1.82, 2.24) is 15.0 Å². The number of aromatic nitrogens is 2. The van der Waals surface area contributed by atoms with E-state index in [1.165, 1.54) is 22.2 Å². The summed E-state index contributed by atoms with van der Waals surface area (Å²) >= 11 is 1.42. The van der Waals surface area contributed by atoms with Crippen LogP contribution in [0.5, 0.6) is 0 Å². The Bertz CT molecular complexity index is 1290. The van der Waals surface area contributed by atoms with Crippen molar-refractivity contribution in [1.29, 1.82) is 0 Å². The average molecular weight is 417 g/mol. The highest BCUT2D eigenvalue weighted by atomic mass is 32.1. The van der Waals surface area contributed by atoms with Gasteiger partial charge in [-0.3, -0.25) is 14.2 Å². The van der Waals surface area contributed by atoms with Gasteiger partial charge in [-0.05, 0) is 25.0 Å². The van der Waals surface area contributed by atoms with Crippen molar-refractivity contribution in [2.24, 2.45) is 5.10 Å². The standard InChI is InChI=1S/C23H20N4O2S/c1-15-3-7-17(8-4-15)11-25-26-20(28)12-27-14-24-22-21(23(27)29)19(13-30-22)18-9-5-16(2)6-10-18/h3-11,13-14H,12H2,1-2H3,(H,26,28)/b25-11-. The van der Waals surface area contributed by atoms with Crippen LogP contribution >= 0.6 is 11.3 Å². The van der Waals surface area contributed by atoms with Gasteiger partial charge in [-0.15, -0.1) is 11.3 Å². The first-order valence-corrected chi connectivity index (χ1v) is 10.3. The third-order valence-corrected chi connectivity index (χ3v) is 5.60. The minimum absolute atomic E-state index is 0.157. The van der Waals surface area contributed by atoms with Crippen molar-refractivity contribution < 1.29 is 4.79 Å². The molecule has 7 heteroatoms. The molecule has 0 atom stereocenters. The molecular formula is C23H20N4O2S. The van der Waals surface area contributed by atoms with Crippen LogP contribution in [0.2, 0.25) is 0 Å². The second-order valence-corrected chi connectivity index (χ2v) is 7.94. The minimum Gasteiger partial charge on any atom is -0.289 e. The Balaban J connectivity index is 1.54. The van der Waals surface area contributed by atoms with Crippen molar-refractivity contribution >= 4 is 33.7 Å². The summed E-state index contributed by atoms with van der Waals surface area (Å²) in [5, 5.41) is 6.42. The number of nitrogens with zero attached hydrogens (tertiary/aromatic N) is 3. The summed E-state index contributed by atoms with van der Waals surface area (Å²) < 4.78 is 1.31. The SMILES string of the molecule is Cc1ccc(/C=N\NC(=O)Cn2cnc3scc(-c4ccc(C)cc4)c3c2=O)cc1. The lowest BCUT2D eigenvalue weighted by Gasteiger charge is -2.05. The molecule has 2 aromatic heterocycles. The molecule has 0 bridgehead atoms. The molecule has 0 aliphatic rings. The molecule has 30 heavy (non-hydrogen) atoms. The number of rotatable bonds is 5. The highest BCUT2D eigenvalue weighted by Gasteiger charge is 2.14. The second kappa shape index (κ2) is 8.42. The molecule has 2 aromatic carbocycles. The van der Waals surface area contributed by atoms with E-state index in [9.17, 15) is 9.59 Å². The molecule has 2 heterocycles. The Hall–Kier alpha value is -3.58. The normalized spacial score (nSPS) is 11.3. The van der Waals surface area contributed by atoms with Gasteiger partial charge in [0.1, 0.15) is 11.4 Å². The summed E-state index contributed by atoms with van der Waals surface area (Å²) in [5.41, 5.74) is 7.18. The molecule has 0 spiro atoms. The van der Waals surface area contributed by atoms with Crippen LogP contribution in [-0.4, -0.2) is 21.7 Å². The van der Waals surface area contributed by atoms with Crippen LogP contribution in [0.4, 0.5) is 0 Å². The van der Waals surface area contributed by atoms with Crippen LogP contribution in [0.25, 0.3) is 21.3 Å². The number of thiophene rings is 1. The van der Waals surface area contributed by atoms with E-state index in [0.717, 1.165) is 27.8 Å². The largest absolute Gasteiger partial charge is 0.289 e. The van der Waals surface area contributed by atoms with Crippen LogP contribution in [0.3, 0.4) is 0 Å². The molecule has 4 aromatic rings. The number of nitrogens with one attached hydrogen (secondary N) is 1. The lowest BCUT2D eigenvalue weighted by Crippen LogP contribution is -2.30. The fraction of sp³-hybridized carbons (Fsp3) is 0.130. The van der Waals surface area contributed by atoms with E-state index in [1.54, 1.807) is 6.21 Å². The van der Waals surface area contributed by atoms with Crippen LogP contribution in [-0.2, 0) is 11.3 Å². The first-order chi connectivity index (χ1) is 14.5. The topological polar surface area (TPSA) is 76.3 Å². The molecule has 0 radical (unpaired) electrons. The Morgan fingerprint density at radius 1 is 1.10 bits per heavy atom.